The fraction of sp³-hybridized carbons (Fsp3) is 0.111. The first-order valence-corrected chi connectivity index (χ1v) is 4.86. The lowest BCUT2D eigenvalue weighted by molar-refractivity contribution is 0.822. The van der Waals surface area contributed by atoms with E-state index in [1.54, 1.807) is 29.9 Å². The normalized spacial score (nSPS) is 12.7. The quantitative estimate of drug-likeness (QED) is 0.784. The molecule has 0 fully saturated rings. The molecule has 0 radical (unpaired) electrons. The molecule has 3 nitrogen and oxygen atoms in total. The van der Waals surface area contributed by atoms with Crippen LogP contribution in [0.3, 0.4) is 0 Å². The third kappa shape index (κ3) is 1.74. The van der Waals surface area contributed by atoms with Gasteiger partial charge < -0.3 is 5.73 Å². The number of thiophene rings is 1. The maximum Gasteiger partial charge on any atom is 0.0799 e. The van der Waals surface area contributed by atoms with Gasteiger partial charge in [0.25, 0.3) is 0 Å². The molecular formula is C9H9N3S. The van der Waals surface area contributed by atoms with E-state index >= 15 is 0 Å². The summed E-state index contributed by atoms with van der Waals surface area (Å²) in [4.78, 5) is 8.13. The van der Waals surface area contributed by atoms with Crippen molar-refractivity contribution in [1.82, 2.24) is 9.97 Å². The van der Waals surface area contributed by atoms with E-state index < -0.39 is 0 Å². The maximum atomic E-state index is 5.96. The average molecular weight is 191 g/mol. The van der Waals surface area contributed by atoms with Crippen LogP contribution < -0.4 is 5.73 Å². The molecule has 0 amide bonds. The lowest BCUT2D eigenvalue weighted by atomic mass is 10.1. The zero-order valence-corrected chi connectivity index (χ0v) is 7.74. The predicted molar refractivity (Wildman–Crippen MR) is 52.4 cm³/mol. The van der Waals surface area contributed by atoms with E-state index in [0.29, 0.717) is 0 Å². The highest BCUT2D eigenvalue weighted by atomic mass is 32.1. The molecule has 2 aromatic rings. The predicted octanol–water partition coefficient (Wildman–Crippen LogP) is 1.59. The van der Waals surface area contributed by atoms with Crippen molar-refractivity contribution >= 4 is 11.3 Å². The molecule has 2 heterocycles. The summed E-state index contributed by atoms with van der Waals surface area (Å²) in [6.07, 6.45) is 4.99. The summed E-state index contributed by atoms with van der Waals surface area (Å²) in [5, 5.41) is 4.03. The Morgan fingerprint density at radius 3 is 2.92 bits per heavy atom. The van der Waals surface area contributed by atoms with Crippen molar-refractivity contribution in [2.45, 2.75) is 6.04 Å². The van der Waals surface area contributed by atoms with Crippen LogP contribution in [-0.4, -0.2) is 9.97 Å². The Morgan fingerprint density at radius 2 is 2.31 bits per heavy atom. The summed E-state index contributed by atoms with van der Waals surface area (Å²) in [7, 11) is 0. The minimum Gasteiger partial charge on any atom is -0.319 e. The summed E-state index contributed by atoms with van der Waals surface area (Å²) in [5.41, 5.74) is 7.86. The first-order chi connectivity index (χ1) is 6.38. The van der Waals surface area contributed by atoms with E-state index in [9.17, 15) is 0 Å². The van der Waals surface area contributed by atoms with Crippen LogP contribution in [0.4, 0.5) is 0 Å². The number of nitrogens with zero attached hydrogens (tertiary/aromatic N) is 2. The molecule has 0 bridgehead atoms. The Morgan fingerprint density at radius 1 is 1.38 bits per heavy atom. The highest BCUT2D eigenvalue weighted by molar-refractivity contribution is 7.07. The molecule has 1 atom stereocenters. The third-order valence-corrected chi connectivity index (χ3v) is 2.51. The molecule has 2 rings (SSSR count). The Labute approximate surface area is 80.3 Å². The van der Waals surface area contributed by atoms with Gasteiger partial charge in [-0.15, -0.1) is 0 Å². The molecule has 0 aliphatic carbocycles. The first-order valence-electron chi connectivity index (χ1n) is 3.91. The molecule has 2 N–H and O–H groups in total. The summed E-state index contributed by atoms with van der Waals surface area (Å²) < 4.78 is 0. The van der Waals surface area contributed by atoms with Gasteiger partial charge in [0, 0.05) is 12.4 Å². The molecular weight excluding hydrogens is 182 g/mol. The van der Waals surface area contributed by atoms with Gasteiger partial charge in [-0.05, 0) is 22.4 Å². The SMILES string of the molecule is NC(c1ccsc1)c1cnccn1. The second kappa shape index (κ2) is 3.64. The molecule has 2 aromatic heterocycles. The van der Waals surface area contributed by atoms with Gasteiger partial charge in [0.2, 0.25) is 0 Å². The number of rotatable bonds is 2. The highest BCUT2D eigenvalue weighted by Crippen LogP contribution is 2.18. The van der Waals surface area contributed by atoms with Crippen molar-refractivity contribution in [3.63, 3.8) is 0 Å². The van der Waals surface area contributed by atoms with Crippen molar-refractivity contribution in [3.8, 4) is 0 Å². The van der Waals surface area contributed by atoms with Gasteiger partial charge in [0.1, 0.15) is 0 Å². The summed E-state index contributed by atoms with van der Waals surface area (Å²) in [5.74, 6) is 0. The standard InChI is InChI=1S/C9H9N3S/c10-9(7-1-4-13-6-7)8-5-11-2-3-12-8/h1-6,9H,10H2. The summed E-state index contributed by atoms with van der Waals surface area (Å²) >= 11 is 1.63. The second-order valence-corrected chi connectivity index (χ2v) is 3.44. The Hall–Kier alpha value is -1.26. The van der Waals surface area contributed by atoms with E-state index in [2.05, 4.69) is 9.97 Å². The first kappa shape index (κ1) is 8.34. The van der Waals surface area contributed by atoms with Gasteiger partial charge in [-0.2, -0.15) is 11.3 Å². The fourth-order valence-electron chi connectivity index (χ4n) is 1.09. The minimum absolute atomic E-state index is 0.153. The van der Waals surface area contributed by atoms with E-state index in [1.165, 1.54) is 0 Å². The van der Waals surface area contributed by atoms with Crippen LogP contribution in [0.5, 0.6) is 0 Å². The van der Waals surface area contributed by atoms with Crippen LogP contribution >= 0.6 is 11.3 Å². The zero-order valence-electron chi connectivity index (χ0n) is 6.92. The molecule has 0 aliphatic rings. The lowest BCUT2D eigenvalue weighted by Gasteiger charge is -2.07. The largest absolute Gasteiger partial charge is 0.319 e. The van der Waals surface area contributed by atoms with Gasteiger partial charge >= 0.3 is 0 Å². The monoisotopic (exact) mass is 191 g/mol. The van der Waals surface area contributed by atoms with Crippen LogP contribution in [-0.2, 0) is 0 Å². The van der Waals surface area contributed by atoms with E-state index in [4.69, 9.17) is 5.73 Å². The number of nitrogens with two attached hydrogens (primary N) is 1. The van der Waals surface area contributed by atoms with Crippen molar-refractivity contribution < 1.29 is 0 Å². The number of aromatic nitrogens is 2. The van der Waals surface area contributed by atoms with Crippen molar-refractivity contribution in [2.24, 2.45) is 5.73 Å². The molecule has 0 spiro atoms. The highest BCUT2D eigenvalue weighted by Gasteiger charge is 2.09. The second-order valence-electron chi connectivity index (χ2n) is 2.66. The number of hydrogen-bond donors (Lipinski definition) is 1. The molecule has 13 heavy (non-hydrogen) atoms. The zero-order chi connectivity index (χ0) is 9.10. The number of hydrogen-bond acceptors (Lipinski definition) is 4. The van der Waals surface area contributed by atoms with Gasteiger partial charge in [0.05, 0.1) is 17.9 Å². The molecule has 4 heteroatoms. The molecule has 66 valence electrons. The van der Waals surface area contributed by atoms with Crippen LogP contribution in [0, 0.1) is 0 Å². The van der Waals surface area contributed by atoms with Crippen molar-refractivity contribution in [2.75, 3.05) is 0 Å². The molecule has 0 saturated carbocycles. The van der Waals surface area contributed by atoms with Gasteiger partial charge in [-0.3, -0.25) is 9.97 Å². The van der Waals surface area contributed by atoms with E-state index in [-0.39, 0.29) is 6.04 Å². The van der Waals surface area contributed by atoms with Crippen molar-refractivity contribution in [3.05, 3.63) is 46.7 Å². The Kier molecular flexibility index (Phi) is 2.33. The Bertz CT molecular complexity index is 358. The maximum absolute atomic E-state index is 5.96. The summed E-state index contributed by atoms with van der Waals surface area (Å²) in [6.45, 7) is 0. The van der Waals surface area contributed by atoms with E-state index in [1.807, 2.05) is 16.8 Å². The van der Waals surface area contributed by atoms with Crippen LogP contribution in [0.25, 0.3) is 0 Å². The third-order valence-electron chi connectivity index (χ3n) is 1.80. The molecule has 0 aliphatic heterocycles. The molecule has 0 saturated heterocycles. The van der Waals surface area contributed by atoms with Gasteiger partial charge in [0.15, 0.2) is 0 Å². The van der Waals surface area contributed by atoms with Gasteiger partial charge in [-0.1, -0.05) is 0 Å². The molecule has 1 unspecified atom stereocenters. The summed E-state index contributed by atoms with van der Waals surface area (Å²) in [6, 6.07) is 1.85. The van der Waals surface area contributed by atoms with Crippen LogP contribution in [0.1, 0.15) is 17.3 Å². The van der Waals surface area contributed by atoms with Crippen LogP contribution in [0.15, 0.2) is 35.4 Å². The van der Waals surface area contributed by atoms with Gasteiger partial charge in [-0.25, -0.2) is 0 Å². The van der Waals surface area contributed by atoms with Crippen LogP contribution in [0.2, 0.25) is 0 Å². The lowest BCUT2D eigenvalue weighted by Crippen LogP contribution is -2.12. The fourth-order valence-corrected chi connectivity index (χ4v) is 1.79. The minimum atomic E-state index is -0.153. The Balaban J connectivity index is 2.29. The molecule has 0 aromatic carbocycles. The topological polar surface area (TPSA) is 51.8 Å². The average Bonchev–Trinajstić information content (AvgIpc) is 2.71. The van der Waals surface area contributed by atoms with E-state index in [0.717, 1.165) is 11.3 Å². The smallest absolute Gasteiger partial charge is 0.0799 e. The van der Waals surface area contributed by atoms with Crippen molar-refractivity contribution in [1.29, 1.82) is 0 Å².